The summed E-state index contributed by atoms with van der Waals surface area (Å²) in [5, 5.41) is 10.2. The van der Waals surface area contributed by atoms with Crippen molar-refractivity contribution in [2.75, 3.05) is 20.3 Å². The molecule has 0 spiro atoms. The molecule has 3 aromatic rings. The first-order valence-electron chi connectivity index (χ1n) is 9.76. The Morgan fingerprint density at radius 2 is 1.47 bits per heavy atom. The number of aliphatic hydroxyl groups excluding tert-OH is 1. The Morgan fingerprint density at radius 1 is 0.867 bits per heavy atom. The van der Waals surface area contributed by atoms with E-state index in [2.05, 4.69) is 31.2 Å². The summed E-state index contributed by atoms with van der Waals surface area (Å²) in [6.45, 7) is 3.69. The lowest BCUT2D eigenvalue weighted by molar-refractivity contribution is 0.0616. The molecule has 3 rings (SSSR count). The summed E-state index contributed by atoms with van der Waals surface area (Å²) in [5.74, 6) is 1.53. The minimum atomic E-state index is -0.820. The van der Waals surface area contributed by atoms with Crippen molar-refractivity contribution in [2.45, 2.75) is 20.0 Å². The molecule has 1 atom stereocenters. The van der Waals surface area contributed by atoms with Gasteiger partial charge in [-0.25, -0.2) is 0 Å². The van der Waals surface area contributed by atoms with Crippen molar-refractivity contribution in [3.63, 3.8) is 0 Å². The Kier molecular flexibility index (Phi) is 7.09. The molecule has 0 unspecified atom stereocenters. The summed E-state index contributed by atoms with van der Waals surface area (Å²) >= 11 is 0. The molecule has 0 aliphatic heterocycles. The summed E-state index contributed by atoms with van der Waals surface area (Å²) in [6, 6.07) is 21.0. The number of Topliss-reactive ketones (excluding diaryl/α,β-unsaturated/α-hetero) is 1. The van der Waals surface area contributed by atoms with Crippen molar-refractivity contribution in [1.29, 1.82) is 0 Å². The van der Waals surface area contributed by atoms with E-state index in [-0.39, 0.29) is 19.0 Å². The lowest BCUT2D eigenvalue weighted by Crippen LogP contribution is -2.25. The van der Waals surface area contributed by atoms with Crippen molar-refractivity contribution < 1.29 is 24.1 Å². The summed E-state index contributed by atoms with van der Waals surface area (Å²) < 4.78 is 16.6. The number of rotatable bonds is 9. The zero-order valence-electron chi connectivity index (χ0n) is 17.4. The van der Waals surface area contributed by atoms with Crippen molar-refractivity contribution in [3.8, 4) is 28.4 Å². The first-order valence-corrected chi connectivity index (χ1v) is 9.76. The first-order chi connectivity index (χ1) is 14.5. The van der Waals surface area contributed by atoms with Gasteiger partial charge in [0.05, 0.1) is 7.11 Å². The predicted octanol–water partition coefficient (Wildman–Crippen LogP) is 4.69. The quantitative estimate of drug-likeness (QED) is 0.522. The number of carbonyl (C=O) groups is 1. The molecule has 0 radical (unpaired) electrons. The van der Waals surface area contributed by atoms with Crippen molar-refractivity contribution in [1.82, 2.24) is 0 Å². The highest BCUT2D eigenvalue weighted by atomic mass is 16.5. The van der Waals surface area contributed by atoms with Gasteiger partial charge < -0.3 is 19.3 Å². The molecule has 3 aromatic carbocycles. The molecule has 5 nitrogen and oxygen atoms in total. The molecule has 0 saturated heterocycles. The number of methoxy groups -OCH3 is 1. The smallest absolute Gasteiger partial charge is 0.161 e. The van der Waals surface area contributed by atoms with Crippen LogP contribution in [0.15, 0.2) is 66.7 Å². The van der Waals surface area contributed by atoms with Crippen LogP contribution in [-0.4, -0.2) is 37.3 Å². The summed E-state index contributed by atoms with van der Waals surface area (Å²) in [5.41, 5.74) is 4.01. The van der Waals surface area contributed by atoms with Gasteiger partial charge in [-0.3, -0.25) is 4.79 Å². The molecule has 0 aliphatic rings. The zero-order chi connectivity index (χ0) is 21.5. The molecule has 0 bridgehead atoms. The predicted molar refractivity (Wildman–Crippen MR) is 117 cm³/mol. The van der Waals surface area contributed by atoms with Gasteiger partial charge in [0.25, 0.3) is 0 Å². The third kappa shape index (κ3) is 5.61. The van der Waals surface area contributed by atoms with Gasteiger partial charge in [-0.15, -0.1) is 0 Å². The van der Waals surface area contributed by atoms with Crippen LogP contribution in [0, 0.1) is 6.92 Å². The summed E-state index contributed by atoms with van der Waals surface area (Å²) in [7, 11) is 1.51. The third-order valence-electron chi connectivity index (χ3n) is 4.68. The highest BCUT2D eigenvalue weighted by molar-refractivity contribution is 5.94. The average Bonchev–Trinajstić information content (AvgIpc) is 2.77. The molecule has 5 heteroatoms. The molecule has 0 fully saturated rings. The fourth-order valence-electron chi connectivity index (χ4n) is 2.92. The zero-order valence-corrected chi connectivity index (χ0v) is 17.4. The van der Waals surface area contributed by atoms with Gasteiger partial charge in [0, 0.05) is 5.56 Å². The minimum Gasteiger partial charge on any atom is -0.493 e. The summed E-state index contributed by atoms with van der Waals surface area (Å²) in [6.07, 6.45) is -0.820. The van der Waals surface area contributed by atoms with Gasteiger partial charge in [0.1, 0.15) is 25.1 Å². The van der Waals surface area contributed by atoms with Gasteiger partial charge in [0.2, 0.25) is 0 Å². The fraction of sp³-hybridized carbons (Fsp3) is 0.240. The van der Waals surface area contributed by atoms with E-state index in [0.717, 1.165) is 11.1 Å². The molecule has 30 heavy (non-hydrogen) atoms. The maximum absolute atomic E-state index is 11.5. The van der Waals surface area contributed by atoms with E-state index < -0.39 is 6.10 Å². The molecular weight excluding hydrogens is 380 g/mol. The number of hydrogen-bond donors (Lipinski definition) is 1. The van der Waals surface area contributed by atoms with E-state index in [1.807, 2.05) is 24.3 Å². The van der Waals surface area contributed by atoms with Crippen molar-refractivity contribution >= 4 is 5.78 Å². The van der Waals surface area contributed by atoms with E-state index in [1.165, 1.54) is 19.6 Å². The van der Waals surface area contributed by atoms with E-state index in [9.17, 15) is 9.90 Å². The number of ether oxygens (including phenoxy) is 3. The summed E-state index contributed by atoms with van der Waals surface area (Å²) in [4.78, 5) is 11.5. The molecule has 0 aromatic heterocycles. The number of benzene rings is 3. The number of aryl methyl sites for hydroxylation is 1. The van der Waals surface area contributed by atoms with Gasteiger partial charge in [0.15, 0.2) is 17.3 Å². The number of hydrogen-bond acceptors (Lipinski definition) is 5. The van der Waals surface area contributed by atoms with E-state index in [0.29, 0.717) is 22.8 Å². The molecule has 156 valence electrons. The van der Waals surface area contributed by atoms with Gasteiger partial charge in [-0.1, -0.05) is 42.0 Å². The van der Waals surface area contributed by atoms with Gasteiger partial charge >= 0.3 is 0 Å². The Morgan fingerprint density at radius 3 is 2.07 bits per heavy atom. The highest BCUT2D eigenvalue weighted by Crippen LogP contribution is 2.28. The SMILES string of the molecule is COc1cc(C(C)=O)ccc1OC[C@@H](O)COc1ccc(-c2ccc(C)cc2)cc1. The van der Waals surface area contributed by atoms with Crippen LogP contribution in [0.2, 0.25) is 0 Å². The molecule has 1 N–H and O–H groups in total. The Bertz CT molecular complexity index is 977. The highest BCUT2D eigenvalue weighted by Gasteiger charge is 2.12. The molecule has 0 heterocycles. The van der Waals surface area contributed by atoms with Crippen LogP contribution in [0.5, 0.6) is 17.2 Å². The van der Waals surface area contributed by atoms with E-state index >= 15 is 0 Å². The van der Waals surface area contributed by atoms with Crippen LogP contribution >= 0.6 is 0 Å². The van der Waals surface area contributed by atoms with Gasteiger partial charge in [-0.2, -0.15) is 0 Å². The second-order valence-electron chi connectivity index (χ2n) is 7.09. The van der Waals surface area contributed by atoms with Crippen LogP contribution in [0.3, 0.4) is 0 Å². The lowest BCUT2D eigenvalue weighted by Gasteiger charge is -2.16. The van der Waals surface area contributed by atoms with Crippen LogP contribution in [0.1, 0.15) is 22.8 Å². The van der Waals surface area contributed by atoms with E-state index in [1.54, 1.807) is 18.2 Å². The normalized spacial score (nSPS) is 11.6. The maximum atomic E-state index is 11.5. The topological polar surface area (TPSA) is 65.0 Å². The fourth-order valence-corrected chi connectivity index (χ4v) is 2.92. The average molecular weight is 406 g/mol. The number of carbonyl (C=O) groups excluding carboxylic acids is 1. The minimum absolute atomic E-state index is 0.0389. The first kappa shape index (κ1) is 21.4. The Balaban J connectivity index is 1.51. The van der Waals surface area contributed by atoms with Crippen LogP contribution < -0.4 is 14.2 Å². The van der Waals surface area contributed by atoms with Crippen LogP contribution in [0.25, 0.3) is 11.1 Å². The third-order valence-corrected chi connectivity index (χ3v) is 4.68. The molecule has 0 saturated carbocycles. The number of ketones is 1. The van der Waals surface area contributed by atoms with E-state index in [4.69, 9.17) is 14.2 Å². The standard InChI is InChI=1S/C25H26O5/c1-17-4-6-19(7-5-17)20-8-11-23(12-9-20)29-15-22(27)16-30-24-13-10-21(18(2)26)14-25(24)28-3/h4-14,22,27H,15-16H2,1-3H3/t22-/m0/s1. The second-order valence-corrected chi connectivity index (χ2v) is 7.09. The van der Waals surface area contributed by atoms with Gasteiger partial charge in [-0.05, 0) is 55.3 Å². The maximum Gasteiger partial charge on any atom is 0.161 e. The Hall–Kier alpha value is -3.31. The van der Waals surface area contributed by atoms with Crippen molar-refractivity contribution in [3.05, 3.63) is 77.9 Å². The monoisotopic (exact) mass is 406 g/mol. The largest absolute Gasteiger partial charge is 0.493 e. The molecule has 0 aliphatic carbocycles. The second kappa shape index (κ2) is 9.94. The lowest BCUT2D eigenvalue weighted by atomic mass is 10.0. The van der Waals surface area contributed by atoms with Crippen molar-refractivity contribution in [2.24, 2.45) is 0 Å². The van der Waals surface area contributed by atoms with Crippen LogP contribution in [0.4, 0.5) is 0 Å². The molecular formula is C25H26O5. The number of aliphatic hydroxyl groups is 1. The Labute approximate surface area is 176 Å². The van der Waals surface area contributed by atoms with Crippen LogP contribution in [-0.2, 0) is 0 Å². The molecule has 0 amide bonds.